The fraction of sp³-hybridized carbons (Fsp3) is 0.389. The Morgan fingerprint density at radius 3 is 2.92 bits per heavy atom. The lowest BCUT2D eigenvalue weighted by Gasteiger charge is -2.32. The van der Waals surface area contributed by atoms with Gasteiger partial charge in [-0.15, -0.1) is 0 Å². The molecule has 0 saturated carbocycles. The van der Waals surface area contributed by atoms with E-state index in [1.165, 1.54) is 0 Å². The van der Waals surface area contributed by atoms with E-state index in [2.05, 4.69) is 4.98 Å². The number of nitrogens with zero attached hydrogens (tertiary/aromatic N) is 2. The molecule has 0 spiro atoms. The Morgan fingerprint density at radius 2 is 2.15 bits per heavy atom. The van der Waals surface area contributed by atoms with Crippen molar-refractivity contribution in [1.29, 1.82) is 0 Å². The molecule has 1 atom stereocenters. The van der Waals surface area contributed by atoms with Gasteiger partial charge in [-0.1, -0.05) is 23.7 Å². The zero-order valence-electron chi connectivity index (χ0n) is 14.1. The summed E-state index contributed by atoms with van der Waals surface area (Å²) in [5, 5.41) is 9.42. The molecule has 1 N–H and O–H groups in total. The molecule has 8 heteroatoms. The number of carbonyl (C=O) groups is 2. The van der Waals surface area contributed by atoms with E-state index in [0.29, 0.717) is 42.8 Å². The zero-order valence-corrected chi connectivity index (χ0v) is 14.8. The molecule has 0 aliphatic carbocycles. The molecule has 2 heterocycles. The minimum atomic E-state index is -0.934. The quantitative estimate of drug-likeness (QED) is 0.830. The van der Waals surface area contributed by atoms with E-state index in [0.717, 1.165) is 5.56 Å². The maximum Gasteiger partial charge on any atom is 0.306 e. The molecule has 7 nitrogen and oxygen atoms in total. The molecule has 1 fully saturated rings. The molecule has 2 aromatic rings. The van der Waals surface area contributed by atoms with Crippen molar-refractivity contribution in [1.82, 2.24) is 9.88 Å². The summed E-state index contributed by atoms with van der Waals surface area (Å²) in [6.07, 6.45) is 1.63. The van der Waals surface area contributed by atoms with Crippen LogP contribution in [0.15, 0.2) is 34.9 Å². The molecular weight excluding hydrogens is 360 g/mol. The van der Waals surface area contributed by atoms with Crippen LogP contribution in [0.1, 0.15) is 18.7 Å². The highest BCUT2D eigenvalue weighted by Crippen LogP contribution is 2.28. The number of ether oxygens (including phenoxy) is 1. The average molecular weight is 379 g/mol. The Kier molecular flexibility index (Phi) is 5.90. The Bertz CT molecular complexity index is 791. The third-order valence-corrected chi connectivity index (χ3v) is 4.47. The molecule has 1 aromatic carbocycles. The number of carboxylic acid groups (broad SMARTS) is 1. The molecule has 1 aromatic heterocycles. The van der Waals surface area contributed by atoms with Crippen LogP contribution < -0.4 is 0 Å². The number of hydrogen-bond acceptors (Lipinski definition) is 5. The second-order valence-electron chi connectivity index (χ2n) is 6.03. The summed E-state index contributed by atoms with van der Waals surface area (Å²) in [7, 11) is 0. The van der Waals surface area contributed by atoms with Crippen LogP contribution in [0.4, 0.5) is 0 Å². The maximum atomic E-state index is 12.4. The lowest BCUT2D eigenvalue weighted by Crippen LogP contribution is -2.46. The van der Waals surface area contributed by atoms with Crippen molar-refractivity contribution >= 4 is 23.5 Å². The van der Waals surface area contributed by atoms with Gasteiger partial charge >= 0.3 is 5.97 Å². The predicted octanol–water partition coefficient (Wildman–Crippen LogP) is 2.63. The number of halogens is 1. The summed E-state index contributed by atoms with van der Waals surface area (Å²) in [6, 6.07) is 7.31. The monoisotopic (exact) mass is 378 g/mol. The van der Waals surface area contributed by atoms with Crippen LogP contribution in [-0.2, 0) is 20.7 Å². The molecule has 1 aliphatic heterocycles. The van der Waals surface area contributed by atoms with Crippen LogP contribution in [0.3, 0.4) is 0 Å². The van der Waals surface area contributed by atoms with Gasteiger partial charge in [0.05, 0.1) is 30.4 Å². The number of rotatable bonds is 6. The highest BCUT2D eigenvalue weighted by Gasteiger charge is 2.26. The number of benzene rings is 1. The molecule has 0 bridgehead atoms. The molecule has 0 radical (unpaired) electrons. The van der Waals surface area contributed by atoms with Crippen molar-refractivity contribution in [2.24, 2.45) is 0 Å². The summed E-state index contributed by atoms with van der Waals surface area (Å²) in [4.78, 5) is 29.0. The van der Waals surface area contributed by atoms with Gasteiger partial charge in [0.25, 0.3) is 0 Å². The Balaban J connectivity index is 1.55. The third kappa shape index (κ3) is 4.62. The van der Waals surface area contributed by atoms with Gasteiger partial charge in [0.2, 0.25) is 5.91 Å². The van der Waals surface area contributed by atoms with Gasteiger partial charge in [0.15, 0.2) is 11.7 Å². The van der Waals surface area contributed by atoms with E-state index in [-0.39, 0.29) is 18.7 Å². The largest absolute Gasteiger partial charge is 0.481 e. The van der Waals surface area contributed by atoms with E-state index in [9.17, 15) is 9.59 Å². The first kappa shape index (κ1) is 18.4. The topological polar surface area (TPSA) is 92.9 Å². The number of aliphatic carboxylic acids is 1. The maximum absolute atomic E-state index is 12.4. The summed E-state index contributed by atoms with van der Waals surface area (Å²) >= 11 is 6.14. The molecular formula is C18H19ClN2O5. The minimum absolute atomic E-state index is 0.0683. The van der Waals surface area contributed by atoms with Gasteiger partial charge in [-0.3, -0.25) is 9.59 Å². The molecule has 1 amide bonds. The molecule has 3 rings (SSSR count). The number of morpholine rings is 1. The Hall–Kier alpha value is -2.38. The SMILES string of the molecule is O=C(O)CC1CN(C(=O)CCc2ncc(-c3ccccc3Cl)o2)CCO1. The van der Waals surface area contributed by atoms with Crippen molar-refractivity contribution in [2.45, 2.75) is 25.4 Å². The summed E-state index contributed by atoms with van der Waals surface area (Å²) in [5.74, 6) is 0.0203. The van der Waals surface area contributed by atoms with Gasteiger partial charge in [0, 0.05) is 31.5 Å². The molecule has 138 valence electrons. The number of hydrogen-bond donors (Lipinski definition) is 1. The van der Waals surface area contributed by atoms with Gasteiger partial charge in [-0.25, -0.2) is 4.98 Å². The fourth-order valence-corrected chi connectivity index (χ4v) is 3.08. The molecule has 1 unspecified atom stereocenters. The number of carbonyl (C=O) groups excluding carboxylic acids is 1. The van der Waals surface area contributed by atoms with Gasteiger partial charge < -0.3 is 19.2 Å². The van der Waals surface area contributed by atoms with Crippen molar-refractivity contribution < 1.29 is 23.8 Å². The minimum Gasteiger partial charge on any atom is -0.481 e. The van der Waals surface area contributed by atoms with E-state index < -0.39 is 12.1 Å². The number of aryl methyl sites for hydroxylation is 1. The first-order chi connectivity index (χ1) is 12.5. The third-order valence-electron chi connectivity index (χ3n) is 4.14. The van der Waals surface area contributed by atoms with Crippen LogP contribution >= 0.6 is 11.6 Å². The normalized spacial score (nSPS) is 17.3. The smallest absolute Gasteiger partial charge is 0.306 e. The van der Waals surface area contributed by atoms with E-state index in [1.807, 2.05) is 18.2 Å². The van der Waals surface area contributed by atoms with E-state index in [1.54, 1.807) is 17.2 Å². The van der Waals surface area contributed by atoms with Crippen LogP contribution in [0, 0.1) is 0 Å². The van der Waals surface area contributed by atoms with Crippen molar-refractivity contribution in [3.8, 4) is 11.3 Å². The highest BCUT2D eigenvalue weighted by molar-refractivity contribution is 6.33. The lowest BCUT2D eigenvalue weighted by molar-refractivity contribution is -0.147. The second kappa shape index (κ2) is 8.33. The second-order valence-corrected chi connectivity index (χ2v) is 6.44. The first-order valence-corrected chi connectivity index (χ1v) is 8.71. The standard InChI is InChI=1S/C18H19ClN2O5/c19-14-4-2-1-3-13(14)15-10-20-16(26-15)5-6-17(22)21-7-8-25-12(11-21)9-18(23)24/h1-4,10,12H,5-9,11H2,(H,23,24). The average Bonchev–Trinajstić information content (AvgIpc) is 3.08. The van der Waals surface area contributed by atoms with E-state index in [4.69, 9.17) is 25.9 Å². The zero-order chi connectivity index (χ0) is 18.5. The number of carboxylic acids is 1. The van der Waals surface area contributed by atoms with Crippen LogP contribution in [-0.4, -0.2) is 52.7 Å². The van der Waals surface area contributed by atoms with Crippen molar-refractivity contribution in [2.75, 3.05) is 19.7 Å². The molecule has 1 aliphatic rings. The lowest BCUT2D eigenvalue weighted by atomic mass is 10.2. The predicted molar refractivity (Wildman–Crippen MR) is 93.8 cm³/mol. The van der Waals surface area contributed by atoms with Gasteiger partial charge in [-0.05, 0) is 12.1 Å². The first-order valence-electron chi connectivity index (χ1n) is 8.33. The summed E-state index contributed by atoms with van der Waals surface area (Å²) < 4.78 is 11.1. The molecule has 26 heavy (non-hydrogen) atoms. The van der Waals surface area contributed by atoms with Gasteiger partial charge in [-0.2, -0.15) is 0 Å². The van der Waals surface area contributed by atoms with Crippen molar-refractivity contribution in [3.63, 3.8) is 0 Å². The van der Waals surface area contributed by atoms with Crippen LogP contribution in [0.5, 0.6) is 0 Å². The highest BCUT2D eigenvalue weighted by atomic mass is 35.5. The van der Waals surface area contributed by atoms with Crippen LogP contribution in [0.2, 0.25) is 5.02 Å². The Morgan fingerprint density at radius 1 is 1.35 bits per heavy atom. The van der Waals surface area contributed by atoms with Crippen LogP contribution in [0.25, 0.3) is 11.3 Å². The van der Waals surface area contributed by atoms with Gasteiger partial charge in [0.1, 0.15) is 0 Å². The summed E-state index contributed by atoms with van der Waals surface area (Å²) in [6.45, 7) is 1.10. The van der Waals surface area contributed by atoms with Crippen molar-refractivity contribution in [3.05, 3.63) is 41.4 Å². The summed E-state index contributed by atoms with van der Waals surface area (Å²) in [5.41, 5.74) is 0.754. The fourth-order valence-electron chi connectivity index (χ4n) is 2.85. The number of aromatic nitrogens is 1. The van der Waals surface area contributed by atoms with E-state index >= 15 is 0 Å². The number of amides is 1. The number of oxazole rings is 1. The Labute approximate surface area is 155 Å². The molecule has 1 saturated heterocycles.